The Morgan fingerprint density at radius 2 is 2.00 bits per heavy atom. The zero-order valence-electron chi connectivity index (χ0n) is 14.5. The fraction of sp³-hybridized carbons (Fsp3) is 0.158. The van der Waals surface area contributed by atoms with Crippen LogP contribution >= 0.6 is 24.0 Å². The number of nitro groups is 1. The smallest absolute Gasteiger partial charge is 0.271 e. The fourth-order valence-electron chi connectivity index (χ4n) is 2.47. The summed E-state index contributed by atoms with van der Waals surface area (Å²) in [6, 6.07) is 13.3. The highest BCUT2D eigenvalue weighted by Gasteiger charge is 2.33. The number of thioether (sulfide) groups is 1. The first-order valence-electron chi connectivity index (χ1n) is 8.25. The molecule has 2 aromatic carbocycles. The normalized spacial score (nSPS) is 15.4. The molecule has 0 aliphatic carbocycles. The van der Waals surface area contributed by atoms with Gasteiger partial charge in [0.1, 0.15) is 5.75 Å². The standard InChI is InChI=1S/C19H16N2O4S2/c1-2-10-25-16-8-6-13(7-9-16)11-17-18(22)20(19(26)27-17)14-4-3-5-15(12-14)21(23)24/h3-9,11-12H,2,10H2,1H3/b17-11+. The number of benzene rings is 2. The lowest BCUT2D eigenvalue weighted by molar-refractivity contribution is -0.384. The lowest BCUT2D eigenvalue weighted by Gasteiger charge is -2.13. The van der Waals surface area contributed by atoms with Crippen molar-refractivity contribution in [2.24, 2.45) is 0 Å². The van der Waals surface area contributed by atoms with Gasteiger partial charge in [0.25, 0.3) is 11.6 Å². The summed E-state index contributed by atoms with van der Waals surface area (Å²) in [5.74, 6) is 0.481. The zero-order chi connectivity index (χ0) is 19.4. The summed E-state index contributed by atoms with van der Waals surface area (Å²) in [6.07, 6.45) is 2.68. The van der Waals surface area contributed by atoms with Gasteiger partial charge in [0.15, 0.2) is 4.32 Å². The summed E-state index contributed by atoms with van der Waals surface area (Å²) < 4.78 is 5.89. The van der Waals surface area contributed by atoms with E-state index < -0.39 is 4.92 Å². The molecular weight excluding hydrogens is 384 g/mol. The number of amides is 1. The molecule has 0 atom stereocenters. The molecule has 1 amide bonds. The highest BCUT2D eigenvalue weighted by Crippen LogP contribution is 2.37. The average Bonchev–Trinajstić information content (AvgIpc) is 2.94. The Labute approximate surface area is 166 Å². The predicted molar refractivity (Wildman–Crippen MR) is 111 cm³/mol. The molecular formula is C19H16N2O4S2. The van der Waals surface area contributed by atoms with Crippen LogP contribution in [0.25, 0.3) is 6.08 Å². The van der Waals surface area contributed by atoms with Crippen molar-refractivity contribution in [1.29, 1.82) is 0 Å². The topological polar surface area (TPSA) is 72.7 Å². The van der Waals surface area contributed by atoms with Crippen molar-refractivity contribution in [3.63, 3.8) is 0 Å². The van der Waals surface area contributed by atoms with Crippen LogP contribution in [0.15, 0.2) is 53.4 Å². The van der Waals surface area contributed by atoms with E-state index in [9.17, 15) is 14.9 Å². The number of ether oxygens (including phenoxy) is 1. The number of nitro benzene ring substituents is 1. The first-order valence-corrected chi connectivity index (χ1v) is 9.47. The molecule has 0 unspecified atom stereocenters. The van der Waals surface area contributed by atoms with Gasteiger partial charge in [0.05, 0.1) is 22.1 Å². The van der Waals surface area contributed by atoms with Gasteiger partial charge in [0, 0.05) is 12.1 Å². The third-order valence-corrected chi connectivity index (χ3v) is 5.05. The Hall–Kier alpha value is -2.71. The summed E-state index contributed by atoms with van der Waals surface area (Å²) in [4.78, 5) is 25.0. The number of thiocarbonyl (C=S) groups is 1. The summed E-state index contributed by atoms with van der Waals surface area (Å²) in [7, 11) is 0. The maximum Gasteiger partial charge on any atom is 0.271 e. The molecule has 8 heteroatoms. The monoisotopic (exact) mass is 400 g/mol. The van der Waals surface area contributed by atoms with Crippen molar-refractivity contribution < 1.29 is 14.5 Å². The lowest BCUT2D eigenvalue weighted by atomic mass is 10.2. The Bertz CT molecular complexity index is 926. The number of hydrogen-bond donors (Lipinski definition) is 0. The molecule has 6 nitrogen and oxygen atoms in total. The second kappa shape index (κ2) is 8.32. The summed E-state index contributed by atoms with van der Waals surface area (Å²) in [5.41, 5.74) is 1.14. The Balaban J connectivity index is 1.82. The van der Waals surface area contributed by atoms with Crippen molar-refractivity contribution in [2.75, 3.05) is 11.5 Å². The molecule has 1 aliphatic rings. The van der Waals surface area contributed by atoms with Gasteiger partial charge < -0.3 is 4.74 Å². The quantitative estimate of drug-likeness (QED) is 0.300. The molecule has 3 rings (SSSR count). The summed E-state index contributed by atoms with van der Waals surface area (Å²) in [6.45, 7) is 2.69. The van der Waals surface area contributed by atoms with E-state index in [-0.39, 0.29) is 11.6 Å². The number of carbonyl (C=O) groups excluding carboxylic acids is 1. The van der Waals surface area contributed by atoms with E-state index in [2.05, 4.69) is 0 Å². The fourth-order valence-corrected chi connectivity index (χ4v) is 3.77. The minimum atomic E-state index is -0.501. The third kappa shape index (κ3) is 4.35. The summed E-state index contributed by atoms with van der Waals surface area (Å²) in [5, 5.41) is 11.0. The largest absolute Gasteiger partial charge is 0.494 e. The molecule has 0 radical (unpaired) electrons. The van der Waals surface area contributed by atoms with Crippen LogP contribution in [0.5, 0.6) is 5.75 Å². The van der Waals surface area contributed by atoms with Crippen LogP contribution in [-0.2, 0) is 4.79 Å². The SMILES string of the molecule is CCCOc1ccc(/C=C2/SC(=S)N(c3cccc([N+](=O)[O-])c3)C2=O)cc1. The maximum absolute atomic E-state index is 12.8. The van der Waals surface area contributed by atoms with E-state index in [0.717, 1.165) is 17.7 Å². The second-order valence-electron chi connectivity index (χ2n) is 5.71. The van der Waals surface area contributed by atoms with Crippen molar-refractivity contribution in [3.8, 4) is 5.75 Å². The molecule has 1 aliphatic heterocycles. The number of rotatable bonds is 6. The molecule has 0 saturated carbocycles. The van der Waals surface area contributed by atoms with E-state index in [0.29, 0.717) is 21.5 Å². The predicted octanol–water partition coefficient (Wildman–Crippen LogP) is 4.79. The van der Waals surface area contributed by atoms with Crippen LogP contribution in [-0.4, -0.2) is 21.8 Å². The highest BCUT2D eigenvalue weighted by atomic mass is 32.2. The highest BCUT2D eigenvalue weighted by molar-refractivity contribution is 8.27. The lowest BCUT2D eigenvalue weighted by Crippen LogP contribution is -2.27. The maximum atomic E-state index is 12.8. The van der Waals surface area contributed by atoms with Gasteiger partial charge in [0.2, 0.25) is 0 Å². The number of hydrogen-bond acceptors (Lipinski definition) is 6. The molecule has 0 aromatic heterocycles. The molecule has 0 bridgehead atoms. The summed E-state index contributed by atoms with van der Waals surface area (Å²) >= 11 is 6.48. The minimum Gasteiger partial charge on any atom is -0.494 e. The Morgan fingerprint density at radius 3 is 2.67 bits per heavy atom. The number of non-ortho nitro benzene ring substituents is 1. The number of nitrogens with zero attached hydrogens (tertiary/aromatic N) is 2. The van der Waals surface area contributed by atoms with Crippen molar-refractivity contribution >= 4 is 51.7 Å². The van der Waals surface area contributed by atoms with E-state index in [1.807, 2.05) is 31.2 Å². The van der Waals surface area contributed by atoms with Gasteiger partial charge in [-0.1, -0.05) is 49.1 Å². The molecule has 2 aromatic rings. The van der Waals surface area contributed by atoms with Crippen LogP contribution in [0.2, 0.25) is 0 Å². The van der Waals surface area contributed by atoms with E-state index >= 15 is 0 Å². The third-order valence-electron chi connectivity index (χ3n) is 3.74. The van der Waals surface area contributed by atoms with Crippen LogP contribution in [0, 0.1) is 10.1 Å². The van der Waals surface area contributed by atoms with Crippen molar-refractivity contribution in [1.82, 2.24) is 0 Å². The molecule has 1 saturated heterocycles. The van der Waals surface area contributed by atoms with E-state index in [4.69, 9.17) is 17.0 Å². The van der Waals surface area contributed by atoms with Crippen LogP contribution in [0.4, 0.5) is 11.4 Å². The van der Waals surface area contributed by atoms with Gasteiger partial charge in [-0.15, -0.1) is 0 Å². The first kappa shape index (κ1) is 19.1. The molecule has 0 N–H and O–H groups in total. The molecule has 1 fully saturated rings. The first-order chi connectivity index (χ1) is 13.0. The van der Waals surface area contributed by atoms with Gasteiger partial charge >= 0.3 is 0 Å². The van der Waals surface area contributed by atoms with Gasteiger partial charge in [-0.3, -0.25) is 19.8 Å². The molecule has 0 spiro atoms. The van der Waals surface area contributed by atoms with Gasteiger partial charge in [-0.05, 0) is 36.3 Å². The molecule has 1 heterocycles. The van der Waals surface area contributed by atoms with Crippen molar-refractivity contribution in [3.05, 3.63) is 69.1 Å². The average molecular weight is 400 g/mol. The Morgan fingerprint density at radius 1 is 1.26 bits per heavy atom. The minimum absolute atomic E-state index is 0.0896. The molecule has 138 valence electrons. The molecule has 27 heavy (non-hydrogen) atoms. The van der Waals surface area contributed by atoms with E-state index in [1.165, 1.54) is 34.9 Å². The second-order valence-corrected chi connectivity index (χ2v) is 7.39. The zero-order valence-corrected chi connectivity index (χ0v) is 16.1. The van der Waals surface area contributed by atoms with Crippen molar-refractivity contribution in [2.45, 2.75) is 13.3 Å². The Kier molecular flexibility index (Phi) is 5.88. The number of anilines is 1. The van der Waals surface area contributed by atoms with Crippen LogP contribution < -0.4 is 9.64 Å². The van der Waals surface area contributed by atoms with Crippen LogP contribution in [0.3, 0.4) is 0 Å². The van der Waals surface area contributed by atoms with E-state index in [1.54, 1.807) is 12.1 Å². The van der Waals surface area contributed by atoms with Crippen LogP contribution in [0.1, 0.15) is 18.9 Å². The number of carbonyl (C=O) groups is 1. The van der Waals surface area contributed by atoms with Gasteiger partial charge in [-0.2, -0.15) is 0 Å². The van der Waals surface area contributed by atoms with Gasteiger partial charge in [-0.25, -0.2) is 0 Å².